The van der Waals surface area contributed by atoms with E-state index in [1.54, 1.807) is 13.8 Å². The van der Waals surface area contributed by atoms with Crippen molar-refractivity contribution in [3.63, 3.8) is 0 Å². The van der Waals surface area contributed by atoms with Crippen LogP contribution >= 0.6 is 0 Å². The number of fused-ring (bicyclic) bond motifs is 3. The molecule has 24 heavy (non-hydrogen) atoms. The smallest absolute Gasteiger partial charge is 0.248 e. The summed E-state index contributed by atoms with van der Waals surface area (Å²) in [5.41, 5.74) is 4.82. The van der Waals surface area contributed by atoms with Crippen molar-refractivity contribution < 1.29 is 12.9 Å². The number of H-pyrrole nitrogens is 1. The lowest BCUT2D eigenvalue weighted by molar-refractivity contribution is 0.381. The van der Waals surface area contributed by atoms with Crippen LogP contribution in [0.1, 0.15) is 28.3 Å². The van der Waals surface area contributed by atoms with E-state index in [1.165, 1.54) is 4.31 Å². The Morgan fingerprint density at radius 3 is 2.75 bits per heavy atom. The van der Waals surface area contributed by atoms with Gasteiger partial charge in [-0.3, -0.25) is 0 Å². The van der Waals surface area contributed by atoms with Crippen molar-refractivity contribution in [3.8, 4) is 0 Å². The summed E-state index contributed by atoms with van der Waals surface area (Å²) < 4.78 is 32.7. The van der Waals surface area contributed by atoms with E-state index in [2.05, 4.69) is 28.3 Å². The average Bonchev–Trinajstić information content (AvgIpc) is 3.06. The van der Waals surface area contributed by atoms with Crippen LogP contribution in [0.2, 0.25) is 0 Å². The van der Waals surface area contributed by atoms with Crippen LogP contribution in [0.4, 0.5) is 0 Å². The molecule has 0 atom stereocenters. The maximum Gasteiger partial charge on any atom is 0.248 e. The highest BCUT2D eigenvalue weighted by Crippen LogP contribution is 2.32. The van der Waals surface area contributed by atoms with Crippen LogP contribution in [-0.2, 0) is 23.0 Å². The van der Waals surface area contributed by atoms with Gasteiger partial charge in [-0.1, -0.05) is 16.8 Å². The molecule has 0 fully saturated rings. The normalized spacial score (nSPS) is 15.8. The molecule has 3 aromatic rings. The molecule has 6 nitrogen and oxygen atoms in total. The van der Waals surface area contributed by atoms with Crippen molar-refractivity contribution in [2.75, 3.05) is 6.54 Å². The average molecular weight is 345 g/mol. The third-order valence-electron chi connectivity index (χ3n) is 4.66. The van der Waals surface area contributed by atoms with Gasteiger partial charge in [-0.15, -0.1) is 0 Å². The molecule has 1 aliphatic rings. The summed E-state index contributed by atoms with van der Waals surface area (Å²) in [6.45, 7) is 6.15. The summed E-state index contributed by atoms with van der Waals surface area (Å²) >= 11 is 0. The Hall–Kier alpha value is -2.12. The van der Waals surface area contributed by atoms with E-state index >= 15 is 0 Å². The molecule has 0 saturated carbocycles. The van der Waals surface area contributed by atoms with E-state index in [0.29, 0.717) is 31.0 Å². The van der Waals surface area contributed by atoms with Crippen molar-refractivity contribution in [1.29, 1.82) is 0 Å². The minimum absolute atomic E-state index is 0.196. The van der Waals surface area contributed by atoms with Crippen LogP contribution in [0.25, 0.3) is 10.9 Å². The Balaban J connectivity index is 1.79. The van der Waals surface area contributed by atoms with Crippen LogP contribution in [0.3, 0.4) is 0 Å². The first-order valence-corrected chi connectivity index (χ1v) is 9.35. The summed E-state index contributed by atoms with van der Waals surface area (Å²) in [5, 5.41) is 4.89. The molecule has 0 spiro atoms. The summed E-state index contributed by atoms with van der Waals surface area (Å²) in [5.74, 6) is 0.341. The molecule has 1 aliphatic heterocycles. The van der Waals surface area contributed by atoms with Gasteiger partial charge < -0.3 is 9.51 Å². The van der Waals surface area contributed by atoms with Gasteiger partial charge in [0.1, 0.15) is 10.6 Å². The zero-order valence-corrected chi connectivity index (χ0v) is 14.7. The van der Waals surface area contributed by atoms with Gasteiger partial charge >= 0.3 is 0 Å². The van der Waals surface area contributed by atoms with Gasteiger partial charge in [0.25, 0.3) is 0 Å². The summed E-state index contributed by atoms with van der Waals surface area (Å²) in [4.78, 5) is 3.62. The minimum Gasteiger partial charge on any atom is -0.360 e. The minimum atomic E-state index is -3.62. The number of rotatable bonds is 2. The quantitative estimate of drug-likeness (QED) is 0.774. The first-order chi connectivity index (χ1) is 11.4. The highest BCUT2D eigenvalue weighted by molar-refractivity contribution is 7.89. The largest absolute Gasteiger partial charge is 0.360 e. The maximum absolute atomic E-state index is 13.0. The van der Waals surface area contributed by atoms with Crippen LogP contribution in [0, 0.1) is 20.8 Å². The SMILES string of the molecule is Cc1ccc2[nH]c3c(c2c1)CN(S(=O)(=O)c1c(C)noc1C)CC3. The second kappa shape index (κ2) is 5.19. The molecule has 3 heterocycles. The maximum atomic E-state index is 13.0. The molecule has 4 rings (SSSR count). The predicted molar refractivity (Wildman–Crippen MR) is 90.3 cm³/mol. The molecule has 0 unspecified atom stereocenters. The van der Waals surface area contributed by atoms with Crippen molar-refractivity contribution in [2.24, 2.45) is 0 Å². The van der Waals surface area contributed by atoms with E-state index < -0.39 is 10.0 Å². The number of aromatic amines is 1. The van der Waals surface area contributed by atoms with E-state index in [1.807, 2.05) is 6.92 Å². The molecule has 0 amide bonds. The third kappa shape index (κ3) is 2.19. The second-order valence-electron chi connectivity index (χ2n) is 6.37. The molecular formula is C17H19N3O3S. The van der Waals surface area contributed by atoms with Crippen LogP contribution in [0.15, 0.2) is 27.6 Å². The van der Waals surface area contributed by atoms with Gasteiger partial charge in [0, 0.05) is 36.1 Å². The Kier molecular flexibility index (Phi) is 3.33. The van der Waals surface area contributed by atoms with E-state index in [9.17, 15) is 8.42 Å². The number of aryl methyl sites for hydroxylation is 3. The Bertz CT molecular complexity index is 1030. The molecule has 126 valence electrons. The number of aromatic nitrogens is 2. The number of nitrogens with zero attached hydrogens (tertiary/aromatic N) is 2. The lowest BCUT2D eigenvalue weighted by Crippen LogP contribution is -2.36. The highest BCUT2D eigenvalue weighted by atomic mass is 32.2. The van der Waals surface area contributed by atoms with Gasteiger partial charge in [-0.2, -0.15) is 4.31 Å². The van der Waals surface area contributed by atoms with Crippen LogP contribution in [-0.4, -0.2) is 29.4 Å². The Labute approximate surface area is 140 Å². The first-order valence-electron chi connectivity index (χ1n) is 7.91. The number of hydrogen-bond acceptors (Lipinski definition) is 4. The molecule has 1 N–H and O–H groups in total. The molecule has 0 radical (unpaired) electrons. The molecule has 7 heteroatoms. The number of sulfonamides is 1. The monoisotopic (exact) mass is 345 g/mol. The number of hydrogen-bond donors (Lipinski definition) is 1. The van der Waals surface area contributed by atoms with Crippen LogP contribution < -0.4 is 0 Å². The predicted octanol–water partition coefficient (Wildman–Crippen LogP) is 2.83. The van der Waals surface area contributed by atoms with E-state index in [4.69, 9.17) is 4.52 Å². The van der Waals surface area contributed by atoms with Crippen molar-refractivity contribution in [1.82, 2.24) is 14.4 Å². The standard InChI is InChI=1S/C17H19N3O3S/c1-10-4-5-15-13(8-10)14-9-20(7-6-16(14)18-15)24(21,22)17-11(2)19-23-12(17)3/h4-5,8,18H,6-7,9H2,1-3H3. The second-order valence-corrected chi connectivity index (χ2v) is 8.25. The van der Waals surface area contributed by atoms with Gasteiger partial charge in [0.05, 0.1) is 0 Å². The fourth-order valence-corrected chi connectivity index (χ4v) is 5.18. The topological polar surface area (TPSA) is 79.2 Å². The van der Waals surface area contributed by atoms with Crippen molar-refractivity contribution >= 4 is 20.9 Å². The third-order valence-corrected chi connectivity index (χ3v) is 6.75. The summed E-state index contributed by atoms with van der Waals surface area (Å²) in [6.07, 6.45) is 0.672. The van der Waals surface area contributed by atoms with Gasteiger partial charge in [-0.25, -0.2) is 8.42 Å². The molecule has 0 aliphatic carbocycles. The highest BCUT2D eigenvalue weighted by Gasteiger charge is 2.34. The molecule has 1 aromatic carbocycles. The van der Waals surface area contributed by atoms with Gasteiger partial charge in [0.15, 0.2) is 5.76 Å². The van der Waals surface area contributed by atoms with Crippen molar-refractivity contribution in [3.05, 3.63) is 46.5 Å². The molecule has 0 saturated heterocycles. The molecule has 2 aromatic heterocycles. The summed E-state index contributed by atoms with van der Waals surface area (Å²) in [6, 6.07) is 6.22. The molecule has 0 bridgehead atoms. The van der Waals surface area contributed by atoms with Gasteiger partial charge in [0.2, 0.25) is 10.0 Å². The Morgan fingerprint density at radius 2 is 2.04 bits per heavy atom. The zero-order chi connectivity index (χ0) is 17.1. The fraction of sp³-hybridized carbons (Fsp3) is 0.353. The van der Waals surface area contributed by atoms with E-state index in [-0.39, 0.29) is 4.90 Å². The number of benzene rings is 1. The fourth-order valence-electron chi connectivity index (χ4n) is 3.48. The lowest BCUT2D eigenvalue weighted by Gasteiger charge is -2.26. The number of nitrogens with one attached hydrogen (secondary N) is 1. The molecular weight excluding hydrogens is 326 g/mol. The van der Waals surface area contributed by atoms with Crippen LogP contribution in [0.5, 0.6) is 0 Å². The van der Waals surface area contributed by atoms with Crippen molar-refractivity contribution in [2.45, 2.75) is 38.6 Å². The summed E-state index contributed by atoms with van der Waals surface area (Å²) in [7, 11) is -3.62. The first kappa shape index (κ1) is 15.4. The van der Waals surface area contributed by atoms with E-state index in [0.717, 1.165) is 27.7 Å². The zero-order valence-electron chi connectivity index (χ0n) is 13.9. The lowest BCUT2D eigenvalue weighted by atomic mass is 10.0. The van der Waals surface area contributed by atoms with Gasteiger partial charge in [-0.05, 0) is 38.5 Å². The Morgan fingerprint density at radius 1 is 1.25 bits per heavy atom.